The highest BCUT2D eigenvalue weighted by Crippen LogP contribution is 2.34. The Morgan fingerprint density at radius 3 is 2.50 bits per heavy atom. The predicted molar refractivity (Wildman–Crippen MR) is 59.8 cm³/mol. The van der Waals surface area contributed by atoms with Gasteiger partial charge in [0, 0.05) is 4.47 Å². The van der Waals surface area contributed by atoms with Crippen molar-refractivity contribution in [3.05, 3.63) is 26.6 Å². The number of hydrogen-bond donors (Lipinski definition) is 0. The second-order valence-corrected chi connectivity index (χ2v) is 4.25. The second kappa shape index (κ2) is 5.58. The van der Waals surface area contributed by atoms with Gasteiger partial charge in [-0.15, -0.1) is 0 Å². The molecule has 0 radical (unpaired) electrons. The molecular weight excluding hydrogens is 354 g/mol. The van der Waals surface area contributed by atoms with Crippen molar-refractivity contribution in [2.45, 2.75) is 6.61 Å². The number of carbonyl (C=O) groups is 1. The molecule has 7 heteroatoms. The fourth-order valence-corrected chi connectivity index (χ4v) is 1.84. The number of benzene rings is 1. The Kier molecular flexibility index (Phi) is 4.67. The first-order chi connectivity index (χ1) is 7.47. The third-order valence-electron chi connectivity index (χ3n) is 1.66. The molecule has 0 spiro atoms. The smallest absolute Gasteiger partial charge is 0.387 e. The van der Waals surface area contributed by atoms with E-state index >= 15 is 0 Å². The summed E-state index contributed by atoms with van der Waals surface area (Å²) in [5, 5.41) is 0. The molecule has 0 N–H and O–H groups in total. The van der Waals surface area contributed by atoms with E-state index in [9.17, 15) is 13.6 Å². The minimum Gasteiger partial charge on any atom is -0.465 e. The summed E-state index contributed by atoms with van der Waals surface area (Å²) in [6, 6.07) is 2.74. The molecule has 0 atom stereocenters. The lowest BCUT2D eigenvalue weighted by Crippen LogP contribution is -2.10. The van der Waals surface area contributed by atoms with Gasteiger partial charge in [0.25, 0.3) is 0 Å². The van der Waals surface area contributed by atoms with E-state index in [4.69, 9.17) is 0 Å². The molecule has 0 aliphatic carbocycles. The van der Waals surface area contributed by atoms with E-state index in [0.29, 0.717) is 8.95 Å². The van der Waals surface area contributed by atoms with Crippen LogP contribution in [0.4, 0.5) is 8.78 Å². The molecule has 1 rings (SSSR count). The van der Waals surface area contributed by atoms with Crippen LogP contribution in [0.1, 0.15) is 10.4 Å². The number of carbonyl (C=O) groups excluding carboxylic acids is 1. The Morgan fingerprint density at radius 2 is 2.00 bits per heavy atom. The van der Waals surface area contributed by atoms with Crippen LogP contribution < -0.4 is 4.74 Å². The van der Waals surface area contributed by atoms with Gasteiger partial charge in [0.2, 0.25) is 0 Å². The maximum Gasteiger partial charge on any atom is 0.387 e. The molecule has 3 nitrogen and oxygen atoms in total. The highest BCUT2D eigenvalue weighted by atomic mass is 79.9. The van der Waals surface area contributed by atoms with Gasteiger partial charge in [-0.2, -0.15) is 8.78 Å². The van der Waals surface area contributed by atoms with E-state index in [1.165, 1.54) is 12.1 Å². The Labute approximate surface area is 107 Å². The number of methoxy groups -OCH3 is 1. The lowest BCUT2D eigenvalue weighted by molar-refractivity contribution is -0.0504. The maximum absolute atomic E-state index is 12.1. The number of ether oxygens (including phenoxy) is 2. The fraction of sp³-hybridized carbons (Fsp3) is 0.222. The normalized spacial score (nSPS) is 10.4. The zero-order valence-electron chi connectivity index (χ0n) is 7.97. The number of esters is 1. The van der Waals surface area contributed by atoms with Crippen LogP contribution in [0.15, 0.2) is 21.1 Å². The van der Waals surface area contributed by atoms with Crippen molar-refractivity contribution in [1.82, 2.24) is 0 Å². The van der Waals surface area contributed by atoms with Gasteiger partial charge in [-0.3, -0.25) is 0 Å². The standard InChI is InChI=1S/C9H6Br2F2O3/c1-15-8(14)6-5(16-9(12)13)3-2-4(10)7(6)11/h2-3,9H,1H3. The molecule has 0 aliphatic rings. The van der Waals surface area contributed by atoms with Crippen LogP contribution in [0.5, 0.6) is 5.75 Å². The zero-order chi connectivity index (χ0) is 12.3. The van der Waals surface area contributed by atoms with Crippen molar-refractivity contribution < 1.29 is 23.0 Å². The van der Waals surface area contributed by atoms with Gasteiger partial charge in [-0.25, -0.2) is 4.79 Å². The lowest BCUT2D eigenvalue weighted by Gasteiger charge is -2.11. The SMILES string of the molecule is COC(=O)c1c(OC(F)F)ccc(Br)c1Br. The van der Waals surface area contributed by atoms with Crippen molar-refractivity contribution in [2.75, 3.05) is 7.11 Å². The molecule has 0 amide bonds. The van der Waals surface area contributed by atoms with Gasteiger partial charge in [-0.1, -0.05) is 0 Å². The molecule has 0 bridgehead atoms. The van der Waals surface area contributed by atoms with Crippen molar-refractivity contribution in [1.29, 1.82) is 0 Å². The molecular formula is C9H6Br2F2O3. The first-order valence-corrected chi connectivity index (χ1v) is 5.57. The first-order valence-electron chi connectivity index (χ1n) is 3.98. The van der Waals surface area contributed by atoms with E-state index in [1.54, 1.807) is 0 Å². The molecule has 0 aromatic heterocycles. The Balaban J connectivity index is 3.27. The molecule has 0 saturated heterocycles. The number of rotatable bonds is 3. The van der Waals surface area contributed by atoms with Crippen molar-refractivity contribution in [3.63, 3.8) is 0 Å². The maximum atomic E-state index is 12.1. The monoisotopic (exact) mass is 358 g/mol. The summed E-state index contributed by atoms with van der Waals surface area (Å²) in [6.07, 6.45) is 0. The third-order valence-corrected chi connectivity index (χ3v) is 3.68. The molecule has 1 aromatic rings. The molecule has 0 fully saturated rings. The summed E-state index contributed by atoms with van der Waals surface area (Å²) < 4.78 is 33.7. The van der Waals surface area contributed by atoms with E-state index in [1.807, 2.05) is 0 Å². The molecule has 88 valence electrons. The number of halogens is 4. The summed E-state index contributed by atoms with van der Waals surface area (Å²) in [7, 11) is 1.15. The molecule has 0 heterocycles. The van der Waals surface area contributed by atoms with Crippen molar-refractivity contribution in [3.8, 4) is 5.75 Å². The molecule has 0 saturated carbocycles. The molecule has 0 unspecified atom stereocenters. The van der Waals surface area contributed by atoms with E-state index < -0.39 is 12.6 Å². The van der Waals surface area contributed by atoms with E-state index in [0.717, 1.165) is 7.11 Å². The topological polar surface area (TPSA) is 35.5 Å². The minimum atomic E-state index is -3.00. The quantitative estimate of drug-likeness (QED) is 0.773. The molecule has 0 aliphatic heterocycles. The van der Waals surface area contributed by atoms with Gasteiger partial charge in [0.15, 0.2) is 0 Å². The Bertz CT molecular complexity index is 410. The van der Waals surface area contributed by atoms with Gasteiger partial charge in [-0.05, 0) is 44.0 Å². The largest absolute Gasteiger partial charge is 0.465 e. The van der Waals surface area contributed by atoms with Gasteiger partial charge in [0.05, 0.1) is 11.6 Å². The average molecular weight is 360 g/mol. The summed E-state index contributed by atoms with van der Waals surface area (Å²) in [4.78, 5) is 11.4. The van der Waals surface area contributed by atoms with Crippen LogP contribution in [0.3, 0.4) is 0 Å². The van der Waals surface area contributed by atoms with Crippen LogP contribution in [-0.4, -0.2) is 19.7 Å². The number of alkyl halides is 2. The van der Waals surface area contributed by atoms with Gasteiger partial charge >= 0.3 is 12.6 Å². The predicted octanol–water partition coefficient (Wildman–Crippen LogP) is 3.60. The summed E-state index contributed by atoms with van der Waals surface area (Å²) in [5.74, 6) is -0.999. The zero-order valence-corrected chi connectivity index (χ0v) is 11.1. The van der Waals surface area contributed by atoms with Crippen molar-refractivity contribution >= 4 is 37.8 Å². The number of hydrogen-bond acceptors (Lipinski definition) is 3. The summed E-state index contributed by atoms with van der Waals surface area (Å²) in [6.45, 7) is -3.00. The Hall–Kier alpha value is -0.690. The average Bonchev–Trinajstić information content (AvgIpc) is 2.22. The van der Waals surface area contributed by atoms with E-state index in [-0.39, 0.29) is 11.3 Å². The van der Waals surface area contributed by atoms with Gasteiger partial charge < -0.3 is 9.47 Å². The fourth-order valence-electron chi connectivity index (χ4n) is 1.02. The highest BCUT2D eigenvalue weighted by Gasteiger charge is 2.21. The highest BCUT2D eigenvalue weighted by molar-refractivity contribution is 9.13. The van der Waals surface area contributed by atoms with E-state index in [2.05, 4.69) is 41.3 Å². The minimum absolute atomic E-state index is 0.0859. The third kappa shape index (κ3) is 2.91. The Morgan fingerprint density at radius 1 is 1.38 bits per heavy atom. The summed E-state index contributed by atoms with van der Waals surface area (Å²) >= 11 is 6.24. The van der Waals surface area contributed by atoms with Crippen LogP contribution in [-0.2, 0) is 4.74 Å². The van der Waals surface area contributed by atoms with Crippen LogP contribution in [0.2, 0.25) is 0 Å². The molecule has 16 heavy (non-hydrogen) atoms. The van der Waals surface area contributed by atoms with Gasteiger partial charge in [0.1, 0.15) is 11.3 Å². The van der Waals surface area contributed by atoms with Crippen LogP contribution >= 0.6 is 31.9 Å². The van der Waals surface area contributed by atoms with Crippen LogP contribution in [0.25, 0.3) is 0 Å². The second-order valence-electron chi connectivity index (χ2n) is 2.60. The first kappa shape index (κ1) is 13.4. The lowest BCUT2D eigenvalue weighted by atomic mass is 10.2. The summed E-state index contributed by atoms with van der Waals surface area (Å²) in [5.41, 5.74) is -0.0859. The van der Waals surface area contributed by atoms with Crippen LogP contribution in [0, 0.1) is 0 Å². The van der Waals surface area contributed by atoms with Crippen molar-refractivity contribution in [2.24, 2.45) is 0 Å². The molecule has 1 aromatic carbocycles.